The van der Waals surface area contributed by atoms with Crippen LogP contribution in [0.25, 0.3) is 0 Å². The molecular weight excluding hydrogens is 452 g/mol. The summed E-state index contributed by atoms with van der Waals surface area (Å²) >= 11 is 1.49. The van der Waals surface area contributed by atoms with E-state index in [1.807, 2.05) is 51.1 Å². The minimum Gasteiger partial charge on any atom is -0.493 e. The van der Waals surface area contributed by atoms with Crippen LogP contribution in [0, 0.1) is 20.8 Å². The first kappa shape index (κ1) is 23.3. The molecule has 0 aliphatic heterocycles. The van der Waals surface area contributed by atoms with Crippen molar-refractivity contribution in [2.24, 2.45) is 0 Å². The number of carbonyl (C=O) groups is 1. The molecule has 3 aromatic heterocycles. The molecule has 0 unspecified atom stereocenters. The molecule has 1 atom stereocenters. The molecule has 0 saturated heterocycles. The van der Waals surface area contributed by atoms with Crippen LogP contribution in [0.15, 0.2) is 53.1 Å². The second kappa shape index (κ2) is 9.96. The number of carbonyl (C=O) groups excluding carboxylic acids is 1. The van der Waals surface area contributed by atoms with Gasteiger partial charge in [-0.15, -0.1) is 11.3 Å². The van der Waals surface area contributed by atoms with Gasteiger partial charge in [0.1, 0.15) is 5.00 Å². The van der Waals surface area contributed by atoms with E-state index in [2.05, 4.69) is 20.6 Å². The number of anilines is 2. The SMILES string of the molecule is COc1ccc([C@@H](Nc2nc(C)cc(C)n2)c2cc(C)sc2NC(=O)c2ccco2)cc1OC. The van der Waals surface area contributed by atoms with Crippen molar-refractivity contribution in [3.8, 4) is 11.5 Å². The van der Waals surface area contributed by atoms with Gasteiger partial charge in [0.15, 0.2) is 17.3 Å². The fourth-order valence-electron chi connectivity index (χ4n) is 3.71. The highest BCUT2D eigenvalue weighted by molar-refractivity contribution is 7.16. The summed E-state index contributed by atoms with van der Waals surface area (Å²) in [6.07, 6.45) is 1.47. The summed E-state index contributed by atoms with van der Waals surface area (Å²) < 4.78 is 16.2. The molecule has 4 aromatic rings. The van der Waals surface area contributed by atoms with E-state index >= 15 is 0 Å². The Hall–Kier alpha value is -3.85. The fraction of sp³-hybridized carbons (Fsp3) is 0.240. The van der Waals surface area contributed by atoms with Crippen LogP contribution >= 0.6 is 11.3 Å². The molecule has 0 aliphatic carbocycles. The second-order valence-electron chi connectivity index (χ2n) is 7.74. The Morgan fingerprint density at radius 1 is 1.00 bits per heavy atom. The quantitative estimate of drug-likeness (QED) is 0.344. The summed E-state index contributed by atoms with van der Waals surface area (Å²) in [4.78, 5) is 22.9. The third-order valence-electron chi connectivity index (χ3n) is 5.16. The van der Waals surface area contributed by atoms with E-state index in [9.17, 15) is 4.79 Å². The van der Waals surface area contributed by atoms with Crippen LogP contribution in [-0.2, 0) is 0 Å². The molecule has 176 valence electrons. The van der Waals surface area contributed by atoms with Gasteiger partial charge in [-0.1, -0.05) is 6.07 Å². The number of thiophene rings is 1. The number of furan rings is 1. The summed E-state index contributed by atoms with van der Waals surface area (Å²) in [5.74, 6) is 1.64. The lowest BCUT2D eigenvalue weighted by atomic mass is 9.99. The smallest absolute Gasteiger partial charge is 0.291 e. The molecular formula is C25H26N4O4S. The van der Waals surface area contributed by atoms with Gasteiger partial charge in [0.25, 0.3) is 5.91 Å². The van der Waals surface area contributed by atoms with Crippen molar-refractivity contribution < 1.29 is 18.7 Å². The molecule has 4 rings (SSSR count). The van der Waals surface area contributed by atoms with Gasteiger partial charge in [-0.25, -0.2) is 9.97 Å². The first-order chi connectivity index (χ1) is 16.4. The Morgan fingerprint density at radius 2 is 1.74 bits per heavy atom. The van der Waals surface area contributed by atoms with Crippen LogP contribution in [0.4, 0.5) is 10.9 Å². The molecule has 9 heteroatoms. The minimum atomic E-state index is -0.377. The largest absolute Gasteiger partial charge is 0.493 e. The van der Waals surface area contributed by atoms with Crippen LogP contribution in [0.3, 0.4) is 0 Å². The van der Waals surface area contributed by atoms with Crippen LogP contribution in [-0.4, -0.2) is 30.1 Å². The molecule has 8 nitrogen and oxygen atoms in total. The average Bonchev–Trinajstić information content (AvgIpc) is 3.46. The molecule has 0 spiro atoms. The van der Waals surface area contributed by atoms with Crippen molar-refractivity contribution in [2.75, 3.05) is 24.9 Å². The van der Waals surface area contributed by atoms with E-state index in [0.29, 0.717) is 22.4 Å². The van der Waals surface area contributed by atoms with E-state index < -0.39 is 0 Å². The van der Waals surface area contributed by atoms with Gasteiger partial charge in [0.05, 0.1) is 26.5 Å². The Kier molecular flexibility index (Phi) is 6.83. The fourth-order valence-corrected chi connectivity index (χ4v) is 4.66. The Balaban J connectivity index is 1.79. The number of aryl methyl sites for hydroxylation is 3. The van der Waals surface area contributed by atoms with Crippen LogP contribution < -0.4 is 20.1 Å². The monoisotopic (exact) mass is 478 g/mol. The number of hydrogen-bond acceptors (Lipinski definition) is 8. The van der Waals surface area contributed by atoms with Crippen molar-refractivity contribution in [1.29, 1.82) is 0 Å². The number of hydrogen-bond donors (Lipinski definition) is 2. The van der Waals surface area contributed by atoms with E-state index in [1.54, 1.807) is 26.4 Å². The highest BCUT2D eigenvalue weighted by atomic mass is 32.1. The van der Waals surface area contributed by atoms with Gasteiger partial charge in [-0.3, -0.25) is 4.79 Å². The molecule has 2 N–H and O–H groups in total. The molecule has 1 aromatic carbocycles. The summed E-state index contributed by atoms with van der Waals surface area (Å²) in [6, 6.07) is 12.6. The van der Waals surface area contributed by atoms with E-state index in [-0.39, 0.29) is 17.7 Å². The number of ether oxygens (including phenoxy) is 2. The summed E-state index contributed by atoms with van der Waals surface area (Å²) in [6.45, 7) is 5.85. The van der Waals surface area contributed by atoms with Gasteiger partial charge in [0, 0.05) is 21.8 Å². The minimum absolute atomic E-state index is 0.241. The summed E-state index contributed by atoms with van der Waals surface area (Å²) in [5.41, 5.74) is 3.48. The normalized spacial score (nSPS) is 11.7. The zero-order valence-corrected chi connectivity index (χ0v) is 20.4. The molecule has 0 fully saturated rings. The maximum absolute atomic E-state index is 12.7. The van der Waals surface area contributed by atoms with Gasteiger partial charge in [-0.05, 0) is 62.7 Å². The predicted octanol–water partition coefficient (Wildman–Crippen LogP) is 5.53. The van der Waals surface area contributed by atoms with Gasteiger partial charge < -0.3 is 24.5 Å². The third-order valence-corrected chi connectivity index (χ3v) is 6.15. The lowest BCUT2D eigenvalue weighted by molar-refractivity contribution is 0.0997. The Labute approximate surface area is 202 Å². The summed E-state index contributed by atoms with van der Waals surface area (Å²) in [5, 5.41) is 7.15. The lowest BCUT2D eigenvalue weighted by Gasteiger charge is -2.22. The van der Waals surface area contributed by atoms with E-state index in [4.69, 9.17) is 13.9 Å². The average molecular weight is 479 g/mol. The van der Waals surface area contributed by atoms with Gasteiger partial charge >= 0.3 is 0 Å². The first-order valence-corrected chi connectivity index (χ1v) is 11.5. The standard InChI is InChI=1S/C25H26N4O4S/c1-14-11-15(2)27-25(26-14)28-22(17-8-9-19(31-4)21(13-17)32-5)18-12-16(3)34-24(18)29-23(30)20-7-6-10-33-20/h6-13,22H,1-5H3,(H,29,30)(H,26,27,28)/t22-/m1/s1. The van der Waals surface area contributed by atoms with Gasteiger partial charge in [0.2, 0.25) is 5.95 Å². The highest BCUT2D eigenvalue weighted by Gasteiger charge is 2.24. The number of methoxy groups -OCH3 is 2. The van der Waals surface area contributed by atoms with Crippen molar-refractivity contribution in [2.45, 2.75) is 26.8 Å². The van der Waals surface area contributed by atoms with Crippen molar-refractivity contribution in [3.05, 3.63) is 81.9 Å². The van der Waals surface area contributed by atoms with Gasteiger partial charge in [-0.2, -0.15) is 0 Å². The number of amides is 1. The van der Waals surface area contributed by atoms with Crippen molar-refractivity contribution in [3.63, 3.8) is 0 Å². The molecule has 0 saturated carbocycles. The maximum atomic E-state index is 12.7. The topological polar surface area (TPSA) is 98.5 Å². The molecule has 0 bridgehead atoms. The third kappa shape index (κ3) is 5.04. The molecule has 0 radical (unpaired) electrons. The number of nitrogens with one attached hydrogen (secondary N) is 2. The van der Waals surface area contributed by atoms with Crippen molar-refractivity contribution in [1.82, 2.24) is 9.97 Å². The molecule has 1 amide bonds. The Morgan fingerprint density at radius 3 is 2.38 bits per heavy atom. The van der Waals surface area contributed by atoms with E-state index in [1.165, 1.54) is 17.6 Å². The zero-order chi connectivity index (χ0) is 24.2. The van der Waals surface area contributed by atoms with Crippen LogP contribution in [0.2, 0.25) is 0 Å². The second-order valence-corrected chi connectivity index (χ2v) is 9.00. The maximum Gasteiger partial charge on any atom is 0.291 e. The first-order valence-electron chi connectivity index (χ1n) is 10.6. The van der Waals surface area contributed by atoms with Crippen LogP contribution in [0.5, 0.6) is 11.5 Å². The van der Waals surface area contributed by atoms with Crippen molar-refractivity contribution >= 4 is 28.2 Å². The number of rotatable bonds is 8. The lowest BCUT2D eigenvalue weighted by Crippen LogP contribution is -2.18. The molecule has 0 aliphatic rings. The number of benzene rings is 1. The summed E-state index contributed by atoms with van der Waals surface area (Å²) in [7, 11) is 3.20. The van der Waals surface area contributed by atoms with Crippen LogP contribution in [0.1, 0.15) is 44.0 Å². The highest BCUT2D eigenvalue weighted by Crippen LogP contribution is 2.40. The number of aromatic nitrogens is 2. The molecule has 34 heavy (non-hydrogen) atoms. The van der Waals surface area contributed by atoms with E-state index in [0.717, 1.165) is 27.4 Å². The zero-order valence-electron chi connectivity index (χ0n) is 19.6. The molecule has 3 heterocycles. The Bertz CT molecular complexity index is 1280. The number of nitrogens with zero attached hydrogens (tertiary/aromatic N) is 2. The predicted molar refractivity (Wildman–Crippen MR) is 132 cm³/mol.